The molecule has 2 aromatic rings. The number of carbonyl (C=O) groups is 2. The smallest absolute Gasteiger partial charge is 0.270 e. The van der Waals surface area contributed by atoms with Crippen molar-refractivity contribution in [1.29, 1.82) is 0 Å². The lowest BCUT2D eigenvalue weighted by molar-refractivity contribution is -0.122. The fourth-order valence-electron chi connectivity index (χ4n) is 4.67. The Bertz CT molecular complexity index is 1280. The molecule has 0 aliphatic carbocycles. The molecule has 0 spiro atoms. The van der Waals surface area contributed by atoms with E-state index in [1.807, 2.05) is 37.3 Å². The van der Waals surface area contributed by atoms with Crippen LogP contribution >= 0.6 is 23.8 Å². The molecule has 4 rings (SSSR count). The largest absolute Gasteiger partial charge is 0.362 e. The molecule has 0 radical (unpaired) electrons. The summed E-state index contributed by atoms with van der Waals surface area (Å²) in [5, 5.41) is 3.18. The van der Waals surface area contributed by atoms with Gasteiger partial charge in [-0.25, -0.2) is 0 Å². The second-order valence-electron chi connectivity index (χ2n) is 9.32. The summed E-state index contributed by atoms with van der Waals surface area (Å²) < 4.78 is 0. The maximum atomic E-state index is 13.4. The fraction of sp³-hybridized carbons (Fsp3) is 0.296. The molecule has 34 heavy (non-hydrogen) atoms. The number of rotatable bonds is 4. The fourth-order valence-corrected chi connectivity index (χ4v) is 5.17. The quantitative estimate of drug-likeness (QED) is 0.327. The average Bonchev–Trinajstić information content (AvgIpc) is 2.74. The number of aryl methyl sites for hydroxylation is 1. The maximum Gasteiger partial charge on any atom is 0.270 e. The second-order valence-corrected chi connectivity index (χ2v) is 10.1. The number of nitrogens with zero attached hydrogens (tertiary/aromatic N) is 2. The van der Waals surface area contributed by atoms with Crippen LogP contribution < -0.4 is 15.1 Å². The van der Waals surface area contributed by atoms with Crippen LogP contribution in [0, 0.1) is 6.92 Å². The van der Waals surface area contributed by atoms with E-state index in [1.165, 1.54) is 4.90 Å². The Balaban J connectivity index is 1.79. The lowest BCUT2D eigenvalue weighted by Gasteiger charge is -2.43. The van der Waals surface area contributed by atoms with Gasteiger partial charge in [0.25, 0.3) is 11.8 Å². The van der Waals surface area contributed by atoms with E-state index in [9.17, 15) is 9.59 Å². The van der Waals surface area contributed by atoms with E-state index in [1.54, 1.807) is 12.1 Å². The van der Waals surface area contributed by atoms with Gasteiger partial charge >= 0.3 is 0 Å². The Morgan fingerprint density at radius 2 is 1.88 bits per heavy atom. The normalized spacial score (nSPS) is 18.7. The van der Waals surface area contributed by atoms with Gasteiger partial charge in [-0.15, -0.1) is 0 Å². The minimum atomic E-state index is -0.534. The Labute approximate surface area is 211 Å². The van der Waals surface area contributed by atoms with Crippen LogP contribution in [-0.2, 0) is 9.59 Å². The molecule has 1 N–H and O–H groups in total. The molecule has 2 aromatic carbocycles. The number of amides is 2. The van der Waals surface area contributed by atoms with Gasteiger partial charge < -0.3 is 4.90 Å². The van der Waals surface area contributed by atoms with Crippen LogP contribution in [0.5, 0.6) is 0 Å². The third-order valence-corrected chi connectivity index (χ3v) is 6.82. The van der Waals surface area contributed by atoms with Crippen LogP contribution in [0.1, 0.15) is 50.8 Å². The van der Waals surface area contributed by atoms with Crippen LogP contribution in [0.25, 0.3) is 11.6 Å². The molecule has 2 aliphatic heterocycles. The van der Waals surface area contributed by atoms with Crippen LogP contribution in [0.3, 0.4) is 0 Å². The predicted octanol–water partition coefficient (Wildman–Crippen LogP) is 5.89. The summed E-state index contributed by atoms with van der Waals surface area (Å²) in [6.45, 7) is 11.4. The zero-order valence-corrected chi connectivity index (χ0v) is 21.6. The summed E-state index contributed by atoms with van der Waals surface area (Å²) >= 11 is 12.0. The summed E-state index contributed by atoms with van der Waals surface area (Å²) in [6.07, 6.45) is 4.80. The highest BCUT2D eigenvalue weighted by atomic mass is 35.5. The van der Waals surface area contributed by atoms with Crippen molar-refractivity contribution in [3.8, 4) is 0 Å². The number of anilines is 2. The van der Waals surface area contributed by atoms with Gasteiger partial charge in [0.1, 0.15) is 5.57 Å². The third-order valence-electron chi connectivity index (χ3n) is 6.20. The molecule has 2 amide bonds. The Hall–Kier alpha value is -2.96. The van der Waals surface area contributed by atoms with Crippen molar-refractivity contribution in [1.82, 2.24) is 5.32 Å². The molecular weight excluding hydrogens is 466 g/mol. The molecule has 0 aromatic heterocycles. The Kier molecular flexibility index (Phi) is 6.40. The zero-order valence-electron chi connectivity index (χ0n) is 20.0. The summed E-state index contributed by atoms with van der Waals surface area (Å²) in [5.74, 6) is -1.01. The number of carbonyl (C=O) groups excluding carboxylic acids is 2. The Morgan fingerprint density at radius 1 is 1.15 bits per heavy atom. The van der Waals surface area contributed by atoms with E-state index in [0.717, 1.165) is 35.4 Å². The van der Waals surface area contributed by atoms with Crippen LogP contribution in [0.4, 0.5) is 11.4 Å². The topological polar surface area (TPSA) is 52.7 Å². The molecule has 176 valence electrons. The standard InChI is InChI=1S/C27H28ClN3O2S/c1-6-10-30-23-14-22(28)18(12-20(23)17(3)15-27(30,4)5)13-21-24(32)29-26(34)31(25(21)33)19-9-7-8-16(2)11-19/h7-9,11-15H,6,10H2,1-5H3,(H,29,32,34)/b21-13-. The number of nitrogens with one attached hydrogen (secondary N) is 1. The molecule has 1 saturated heterocycles. The van der Waals surface area contributed by atoms with Crippen molar-refractivity contribution in [2.24, 2.45) is 0 Å². The van der Waals surface area contributed by atoms with E-state index >= 15 is 0 Å². The van der Waals surface area contributed by atoms with Gasteiger partial charge in [0.05, 0.1) is 11.2 Å². The average molecular weight is 494 g/mol. The predicted molar refractivity (Wildman–Crippen MR) is 144 cm³/mol. The first kappa shape index (κ1) is 24.2. The zero-order chi connectivity index (χ0) is 24.8. The molecule has 0 bridgehead atoms. The molecule has 0 saturated carbocycles. The minimum Gasteiger partial charge on any atom is -0.362 e. The number of halogens is 1. The van der Waals surface area contributed by atoms with E-state index < -0.39 is 11.8 Å². The van der Waals surface area contributed by atoms with Crippen molar-refractivity contribution >= 4 is 63.8 Å². The number of allylic oxidation sites excluding steroid dienone is 1. The molecular formula is C27H28ClN3O2S. The number of hydrogen-bond acceptors (Lipinski definition) is 4. The number of hydrogen-bond donors (Lipinski definition) is 1. The number of benzene rings is 2. The summed E-state index contributed by atoms with van der Waals surface area (Å²) in [5.41, 5.74) is 5.27. The maximum absolute atomic E-state index is 13.4. The van der Waals surface area contributed by atoms with Crippen molar-refractivity contribution in [2.75, 3.05) is 16.3 Å². The van der Waals surface area contributed by atoms with Crippen molar-refractivity contribution < 1.29 is 9.59 Å². The second kappa shape index (κ2) is 9.01. The first-order valence-corrected chi connectivity index (χ1v) is 12.1. The number of thiocarbonyl (C=S) groups is 1. The van der Waals surface area contributed by atoms with Gasteiger partial charge in [-0.3, -0.25) is 19.8 Å². The van der Waals surface area contributed by atoms with E-state index in [4.69, 9.17) is 23.8 Å². The van der Waals surface area contributed by atoms with Crippen molar-refractivity contribution in [3.63, 3.8) is 0 Å². The van der Waals surface area contributed by atoms with E-state index in [-0.39, 0.29) is 16.2 Å². The monoisotopic (exact) mass is 493 g/mol. The van der Waals surface area contributed by atoms with Gasteiger partial charge in [-0.2, -0.15) is 0 Å². The molecule has 2 heterocycles. The van der Waals surface area contributed by atoms with Crippen molar-refractivity contribution in [3.05, 3.63) is 69.8 Å². The Morgan fingerprint density at radius 3 is 2.56 bits per heavy atom. The summed E-state index contributed by atoms with van der Waals surface area (Å²) in [7, 11) is 0. The number of fused-ring (bicyclic) bond motifs is 1. The third kappa shape index (κ3) is 4.28. The SMILES string of the molecule is CCCN1c2cc(Cl)c(/C=C3/C(=O)NC(=S)N(c4cccc(C)c4)C3=O)cc2C(C)=CC1(C)C. The minimum absolute atomic E-state index is 0.0138. The van der Waals surface area contributed by atoms with Gasteiger partial charge in [-0.1, -0.05) is 36.7 Å². The highest BCUT2D eigenvalue weighted by Gasteiger charge is 2.35. The van der Waals surface area contributed by atoms with E-state index in [0.29, 0.717) is 16.3 Å². The first-order valence-electron chi connectivity index (χ1n) is 11.3. The van der Waals surface area contributed by atoms with E-state index in [2.05, 4.69) is 44.0 Å². The molecule has 7 heteroatoms. The van der Waals surface area contributed by atoms with Gasteiger partial charge in [0, 0.05) is 22.8 Å². The van der Waals surface area contributed by atoms with Crippen LogP contribution in [0.15, 0.2) is 48.0 Å². The summed E-state index contributed by atoms with van der Waals surface area (Å²) in [4.78, 5) is 29.9. The lowest BCUT2D eigenvalue weighted by Crippen LogP contribution is -2.54. The van der Waals surface area contributed by atoms with Crippen LogP contribution in [-0.4, -0.2) is 29.0 Å². The van der Waals surface area contributed by atoms with Crippen molar-refractivity contribution in [2.45, 2.75) is 46.6 Å². The molecule has 2 aliphatic rings. The highest BCUT2D eigenvalue weighted by Crippen LogP contribution is 2.42. The molecule has 0 atom stereocenters. The lowest BCUT2D eigenvalue weighted by atomic mass is 9.87. The van der Waals surface area contributed by atoms with Gasteiger partial charge in [-0.05, 0) is 93.4 Å². The van der Waals surface area contributed by atoms with Crippen LogP contribution in [0.2, 0.25) is 5.02 Å². The first-order chi connectivity index (χ1) is 16.0. The molecule has 1 fully saturated rings. The molecule has 5 nitrogen and oxygen atoms in total. The highest BCUT2D eigenvalue weighted by molar-refractivity contribution is 7.80. The van der Waals surface area contributed by atoms with Gasteiger partial charge in [0.2, 0.25) is 0 Å². The molecule has 0 unspecified atom stereocenters. The summed E-state index contributed by atoms with van der Waals surface area (Å²) in [6, 6.07) is 11.3. The van der Waals surface area contributed by atoms with Gasteiger partial charge in [0.15, 0.2) is 5.11 Å².